The fourth-order valence-electron chi connectivity index (χ4n) is 2.14. The third-order valence-electron chi connectivity index (χ3n) is 3.15. The van der Waals surface area contributed by atoms with Crippen LogP contribution in [0, 0.1) is 5.92 Å². The number of hydrogen-bond acceptors (Lipinski definition) is 2. The minimum atomic E-state index is -0.234. The van der Waals surface area contributed by atoms with Crippen molar-refractivity contribution in [2.75, 3.05) is 7.05 Å². The van der Waals surface area contributed by atoms with E-state index in [4.69, 9.17) is 23.2 Å². The van der Waals surface area contributed by atoms with Gasteiger partial charge in [-0.2, -0.15) is 0 Å². The first-order valence-electron chi connectivity index (χ1n) is 6.77. The molecule has 0 bridgehead atoms. The van der Waals surface area contributed by atoms with E-state index in [9.17, 15) is 4.79 Å². The summed E-state index contributed by atoms with van der Waals surface area (Å²) in [5, 5.41) is 7.25. The summed E-state index contributed by atoms with van der Waals surface area (Å²) in [5.74, 6) is 0.424. The van der Waals surface area contributed by atoms with E-state index < -0.39 is 0 Å². The van der Waals surface area contributed by atoms with Gasteiger partial charge in [0.1, 0.15) is 0 Å². The number of rotatable bonds is 6. The molecular formula is C15H22Cl2N2O. The Hall–Kier alpha value is -0.770. The number of likely N-dealkylation sites (N-methyl/N-ethyl adjacent to an activating group) is 1. The van der Waals surface area contributed by atoms with Gasteiger partial charge < -0.3 is 5.32 Å². The van der Waals surface area contributed by atoms with Crippen LogP contribution < -0.4 is 10.6 Å². The minimum Gasteiger partial charge on any atom is -0.358 e. The van der Waals surface area contributed by atoms with Gasteiger partial charge in [-0.25, -0.2) is 0 Å². The van der Waals surface area contributed by atoms with Gasteiger partial charge in [-0.1, -0.05) is 43.1 Å². The maximum Gasteiger partial charge on any atom is 0.236 e. The van der Waals surface area contributed by atoms with E-state index >= 15 is 0 Å². The Morgan fingerprint density at radius 3 is 2.40 bits per heavy atom. The number of hydrogen-bond donors (Lipinski definition) is 2. The highest BCUT2D eigenvalue weighted by atomic mass is 35.5. The fourth-order valence-corrected chi connectivity index (χ4v) is 2.71. The Bertz CT molecular complexity index is 463. The Morgan fingerprint density at radius 2 is 1.90 bits per heavy atom. The van der Waals surface area contributed by atoms with Gasteiger partial charge in [0, 0.05) is 23.1 Å². The van der Waals surface area contributed by atoms with Crippen molar-refractivity contribution >= 4 is 29.1 Å². The molecule has 0 heterocycles. The number of carbonyl (C=O) groups is 1. The predicted octanol–water partition coefficient (Wildman–Crippen LogP) is 3.80. The van der Waals surface area contributed by atoms with Crippen molar-refractivity contribution in [2.45, 2.75) is 39.3 Å². The van der Waals surface area contributed by atoms with Crippen LogP contribution in [0.25, 0.3) is 0 Å². The topological polar surface area (TPSA) is 41.1 Å². The summed E-state index contributed by atoms with van der Waals surface area (Å²) in [6.45, 7) is 6.18. The van der Waals surface area contributed by atoms with Crippen LogP contribution in [-0.4, -0.2) is 19.0 Å². The molecule has 1 rings (SSSR count). The summed E-state index contributed by atoms with van der Waals surface area (Å²) in [5.41, 5.74) is 0.939. The molecule has 3 nitrogen and oxygen atoms in total. The Kier molecular flexibility index (Phi) is 6.80. The van der Waals surface area contributed by atoms with Crippen molar-refractivity contribution in [1.29, 1.82) is 0 Å². The zero-order valence-electron chi connectivity index (χ0n) is 12.3. The van der Waals surface area contributed by atoms with Gasteiger partial charge in [-0.3, -0.25) is 10.1 Å². The maximum atomic E-state index is 11.9. The van der Waals surface area contributed by atoms with Crippen molar-refractivity contribution in [2.24, 2.45) is 5.92 Å². The zero-order chi connectivity index (χ0) is 15.3. The second-order valence-electron chi connectivity index (χ2n) is 5.35. The van der Waals surface area contributed by atoms with Gasteiger partial charge in [0.05, 0.1) is 6.04 Å². The van der Waals surface area contributed by atoms with Crippen molar-refractivity contribution < 1.29 is 4.79 Å². The lowest BCUT2D eigenvalue weighted by atomic mass is 10.0. The molecule has 0 aliphatic rings. The molecule has 112 valence electrons. The summed E-state index contributed by atoms with van der Waals surface area (Å²) in [7, 11) is 1.65. The van der Waals surface area contributed by atoms with E-state index in [0.29, 0.717) is 16.0 Å². The summed E-state index contributed by atoms with van der Waals surface area (Å²) < 4.78 is 0. The first kappa shape index (κ1) is 17.3. The van der Waals surface area contributed by atoms with E-state index in [1.807, 2.05) is 13.0 Å². The summed E-state index contributed by atoms with van der Waals surface area (Å²) in [6.07, 6.45) is 0.773. The third kappa shape index (κ3) is 4.97. The van der Waals surface area contributed by atoms with Gasteiger partial charge in [0.2, 0.25) is 5.91 Å². The van der Waals surface area contributed by atoms with Crippen LogP contribution in [0.5, 0.6) is 0 Å². The quantitative estimate of drug-likeness (QED) is 0.838. The average molecular weight is 317 g/mol. The Labute approximate surface area is 131 Å². The molecular weight excluding hydrogens is 295 g/mol. The molecule has 0 saturated carbocycles. The lowest BCUT2D eigenvalue weighted by Crippen LogP contribution is -2.44. The van der Waals surface area contributed by atoms with Crippen LogP contribution in [0.1, 0.15) is 38.8 Å². The molecule has 2 N–H and O–H groups in total. The van der Waals surface area contributed by atoms with Gasteiger partial charge in [0.25, 0.3) is 0 Å². The van der Waals surface area contributed by atoms with Crippen LogP contribution in [0.15, 0.2) is 18.2 Å². The minimum absolute atomic E-state index is 0.00404. The number of benzene rings is 1. The fraction of sp³-hybridized carbons (Fsp3) is 0.533. The highest BCUT2D eigenvalue weighted by molar-refractivity contribution is 6.35. The monoisotopic (exact) mass is 316 g/mol. The first-order valence-corrected chi connectivity index (χ1v) is 7.53. The van der Waals surface area contributed by atoms with Crippen LogP contribution >= 0.6 is 23.2 Å². The lowest BCUT2D eigenvalue weighted by molar-refractivity contribution is -0.123. The first-order chi connectivity index (χ1) is 9.35. The molecule has 2 atom stereocenters. The molecule has 20 heavy (non-hydrogen) atoms. The second kappa shape index (κ2) is 7.87. The molecule has 0 fully saturated rings. The Balaban J connectivity index is 2.84. The molecule has 1 amide bonds. The van der Waals surface area contributed by atoms with Gasteiger partial charge in [-0.05, 0) is 37.0 Å². The molecule has 0 saturated heterocycles. The van der Waals surface area contributed by atoms with E-state index in [1.165, 1.54) is 0 Å². The molecule has 0 aliphatic carbocycles. The smallest absolute Gasteiger partial charge is 0.236 e. The highest BCUT2D eigenvalue weighted by Crippen LogP contribution is 2.26. The SMILES string of the molecule is CNC(=O)C(CC(C)C)NC(C)c1ccc(Cl)cc1Cl. The molecule has 0 radical (unpaired) electrons. The van der Waals surface area contributed by atoms with Gasteiger partial charge in [-0.15, -0.1) is 0 Å². The predicted molar refractivity (Wildman–Crippen MR) is 85.3 cm³/mol. The van der Waals surface area contributed by atoms with Gasteiger partial charge >= 0.3 is 0 Å². The van der Waals surface area contributed by atoms with E-state index in [2.05, 4.69) is 24.5 Å². The van der Waals surface area contributed by atoms with Crippen molar-refractivity contribution in [3.05, 3.63) is 33.8 Å². The zero-order valence-corrected chi connectivity index (χ0v) is 13.8. The molecule has 1 aromatic carbocycles. The summed E-state index contributed by atoms with van der Waals surface area (Å²) in [4.78, 5) is 11.9. The van der Waals surface area contributed by atoms with Crippen LogP contribution in [0.4, 0.5) is 0 Å². The molecule has 0 aromatic heterocycles. The second-order valence-corrected chi connectivity index (χ2v) is 6.19. The van der Waals surface area contributed by atoms with E-state index in [-0.39, 0.29) is 18.0 Å². The third-order valence-corrected chi connectivity index (χ3v) is 3.71. The lowest BCUT2D eigenvalue weighted by Gasteiger charge is -2.24. The summed E-state index contributed by atoms with van der Waals surface area (Å²) in [6, 6.07) is 5.15. The van der Waals surface area contributed by atoms with Crippen LogP contribution in [0.2, 0.25) is 10.0 Å². The van der Waals surface area contributed by atoms with Crippen molar-refractivity contribution in [1.82, 2.24) is 10.6 Å². The number of halogens is 2. The number of carbonyl (C=O) groups excluding carboxylic acids is 1. The molecule has 0 spiro atoms. The summed E-state index contributed by atoms with van der Waals surface area (Å²) >= 11 is 12.1. The number of nitrogens with one attached hydrogen (secondary N) is 2. The highest BCUT2D eigenvalue weighted by Gasteiger charge is 2.22. The van der Waals surface area contributed by atoms with E-state index in [1.54, 1.807) is 19.2 Å². The van der Waals surface area contributed by atoms with Crippen molar-refractivity contribution in [3.8, 4) is 0 Å². The molecule has 0 aliphatic heterocycles. The van der Waals surface area contributed by atoms with Crippen LogP contribution in [-0.2, 0) is 4.79 Å². The maximum absolute atomic E-state index is 11.9. The molecule has 5 heteroatoms. The molecule has 1 aromatic rings. The van der Waals surface area contributed by atoms with Crippen LogP contribution in [0.3, 0.4) is 0 Å². The standard InChI is InChI=1S/C15H22Cl2N2O/c1-9(2)7-14(15(20)18-4)19-10(3)12-6-5-11(16)8-13(12)17/h5-6,8-10,14,19H,7H2,1-4H3,(H,18,20). The largest absolute Gasteiger partial charge is 0.358 e. The van der Waals surface area contributed by atoms with Gasteiger partial charge in [0.15, 0.2) is 0 Å². The van der Waals surface area contributed by atoms with E-state index in [0.717, 1.165) is 12.0 Å². The Morgan fingerprint density at radius 1 is 1.25 bits per heavy atom. The average Bonchev–Trinajstić information content (AvgIpc) is 2.36. The molecule has 2 unspecified atom stereocenters. The van der Waals surface area contributed by atoms with Crippen molar-refractivity contribution in [3.63, 3.8) is 0 Å². The normalized spacial score (nSPS) is 14.2. The number of amides is 1.